The molecule has 1 unspecified atom stereocenters. The Morgan fingerprint density at radius 3 is 0.606 bits per heavy atom. The molecule has 0 bridgehead atoms. The second-order valence-corrected chi connectivity index (χ2v) is 20.6. The van der Waals surface area contributed by atoms with E-state index in [0.29, 0.717) is 19.3 Å². The average Bonchev–Trinajstić information content (AvgIpc) is 3.31. The topological polar surface area (TPSA) is 78.9 Å². The highest BCUT2D eigenvalue weighted by Gasteiger charge is 2.19. The SMILES string of the molecule is CCCCCCCCCCCCCCCCCCCCCC(=O)OCC(COC(=O)CCCCCCCCCCCCCCCCCCC)OC(=O)CCCCCCCCCCCCCC. The van der Waals surface area contributed by atoms with Gasteiger partial charge in [-0.15, -0.1) is 0 Å². The molecular formula is C60H116O6. The van der Waals surface area contributed by atoms with Crippen LogP contribution in [0.2, 0.25) is 0 Å². The molecule has 0 N–H and O–H groups in total. The smallest absolute Gasteiger partial charge is 0.306 e. The monoisotopic (exact) mass is 933 g/mol. The Labute approximate surface area is 412 Å². The zero-order chi connectivity index (χ0) is 47.9. The summed E-state index contributed by atoms with van der Waals surface area (Å²) in [6, 6.07) is 0. The van der Waals surface area contributed by atoms with Gasteiger partial charge in [-0.3, -0.25) is 14.4 Å². The van der Waals surface area contributed by atoms with E-state index in [1.54, 1.807) is 0 Å². The summed E-state index contributed by atoms with van der Waals surface area (Å²) in [4.78, 5) is 38.1. The van der Waals surface area contributed by atoms with Gasteiger partial charge in [0.2, 0.25) is 0 Å². The van der Waals surface area contributed by atoms with E-state index in [9.17, 15) is 14.4 Å². The van der Waals surface area contributed by atoms with E-state index in [-0.39, 0.29) is 31.1 Å². The quantitative estimate of drug-likeness (QED) is 0.0343. The van der Waals surface area contributed by atoms with Crippen LogP contribution in [0.1, 0.15) is 348 Å². The molecule has 0 aromatic rings. The molecule has 0 saturated carbocycles. The summed E-state index contributed by atoms with van der Waals surface area (Å²) in [6.07, 6.45) is 62.4. The van der Waals surface area contributed by atoms with Gasteiger partial charge in [0.25, 0.3) is 0 Å². The van der Waals surface area contributed by atoms with Crippen molar-refractivity contribution in [1.82, 2.24) is 0 Å². The predicted octanol–water partition coefficient (Wildman–Crippen LogP) is 19.9. The maximum atomic E-state index is 12.8. The lowest BCUT2D eigenvalue weighted by atomic mass is 10.0. The molecular weight excluding hydrogens is 817 g/mol. The molecule has 0 radical (unpaired) electrons. The van der Waals surface area contributed by atoms with Crippen molar-refractivity contribution in [3.05, 3.63) is 0 Å². The van der Waals surface area contributed by atoms with Gasteiger partial charge in [0.15, 0.2) is 6.10 Å². The van der Waals surface area contributed by atoms with E-state index in [0.717, 1.165) is 57.8 Å². The fourth-order valence-corrected chi connectivity index (χ4v) is 9.33. The fourth-order valence-electron chi connectivity index (χ4n) is 9.33. The Hall–Kier alpha value is -1.59. The number of hydrogen-bond acceptors (Lipinski definition) is 6. The van der Waals surface area contributed by atoms with Crippen LogP contribution >= 0.6 is 0 Å². The normalized spacial score (nSPS) is 11.9. The van der Waals surface area contributed by atoms with Crippen molar-refractivity contribution in [2.24, 2.45) is 0 Å². The van der Waals surface area contributed by atoms with Crippen LogP contribution in [0.4, 0.5) is 0 Å². The number of unbranched alkanes of at least 4 members (excludes halogenated alkanes) is 45. The maximum absolute atomic E-state index is 12.8. The molecule has 66 heavy (non-hydrogen) atoms. The summed E-state index contributed by atoms with van der Waals surface area (Å²) in [5.74, 6) is -0.830. The highest BCUT2D eigenvalue weighted by atomic mass is 16.6. The van der Waals surface area contributed by atoms with Crippen molar-refractivity contribution in [3.8, 4) is 0 Å². The molecule has 0 aromatic heterocycles. The van der Waals surface area contributed by atoms with E-state index < -0.39 is 6.10 Å². The third-order valence-corrected chi connectivity index (χ3v) is 13.9. The summed E-state index contributed by atoms with van der Waals surface area (Å²) in [6.45, 7) is 6.71. The molecule has 0 heterocycles. The standard InChI is InChI=1S/C60H116O6/c1-4-7-10-13-16-19-22-25-27-29-30-32-34-36-39-41-44-47-50-53-59(62)65-56-57(66-60(63)54-51-48-45-42-37-24-21-18-15-12-9-6-3)55-64-58(61)52-49-46-43-40-38-35-33-31-28-26-23-20-17-14-11-8-5-2/h57H,4-56H2,1-3H3. The Morgan fingerprint density at radius 2 is 0.409 bits per heavy atom. The minimum Gasteiger partial charge on any atom is -0.462 e. The number of carbonyl (C=O) groups is 3. The average molecular weight is 934 g/mol. The molecule has 0 rings (SSSR count). The van der Waals surface area contributed by atoms with Crippen LogP contribution in [-0.4, -0.2) is 37.2 Å². The van der Waals surface area contributed by atoms with Gasteiger partial charge < -0.3 is 14.2 Å². The van der Waals surface area contributed by atoms with E-state index in [1.807, 2.05) is 0 Å². The minimum absolute atomic E-state index is 0.0610. The summed E-state index contributed by atoms with van der Waals surface area (Å²) in [7, 11) is 0. The highest BCUT2D eigenvalue weighted by Crippen LogP contribution is 2.18. The lowest BCUT2D eigenvalue weighted by molar-refractivity contribution is -0.167. The van der Waals surface area contributed by atoms with Gasteiger partial charge in [-0.25, -0.2) is 0 Å². The second-order valence-electron chi connectivity index (χ2n) is 20.6. The van der Waals surface area contributed by atoms with Crippen molar-refractivity contribution in [1.29, 1.82) is 0 Å². The fraction of sp³-hybridized carbons (Fsp3) is 0.950. The predicted molar refractivity (Wildman–Crippen MR) is 284 cm³/mol. The molecule has 0 aliphatic rings. The zero-order valence-electron chi connectivity index (χ0n) is 45.0. The van der Waals surface area contributed by atoms with E-state index in [2.05, 4.69) is 20.8 Å². The first-order valence-corrected chi connectivity index (χ1v) is 30.0. The molecule has 0 fully saturated rings. The first kappa shape index (κ1) is 64.4. The third-order valence-electron chi connectivity index (χ3n) is 13.9. The van der Waals surface area contributed by atoms with Crippen LogP contribution in [-0.2, 0) is 28.6 Å². The van der Waals surface area contributed by atoms with Crippen molar-refractivity contribution in [2.75, 3.05) is 13.2 Å². The van der Waals surface area contributed by atoms with Crippen LogP contribution < -0.4 is 0 Å². The highest BCUT2D eigenvalue weighted by molar-refractivity contribution is 5.71. The molecule has 0 amide bonds. The molecule has 0 saturated heterocycles. The third kappa shape index (κ3) is 53.4. The van der Waals surface area contributed by atoms with Crippen LogP contribution in [0.15, 0.2) is 0 Å². The molecule has 0 aromatic carbocycles. The van der Waals surface area contributed by atoms with Gasteiger partial charge in [0.1, 0.15) is 13.2 Å². The Balaban J connectivity index is 4.23. The second kappa shape index (κ2) is 56.0. The molecule has 392 valence electrons. The van der Waals surface area contributed by atoms with E-state index >= 15 is 0 Å². The zero-order valence-corrected chi connectivity index (χ0v) is 45.0. The van der Waals surface area contributed by atoms with Crippen molar-refractivity contribution in [3.63, 3.8) is 0 Å². The molecule has 6 nitrogen and oxygen atoms in total. The van der Waals surface area contributed by atoms with Crippen LogP contribution in [0, 0.1) is 0 Å². The van der Waals surface area contributed by atoms with Gasteiger partial charge in [0, 0.05) is 19.3 Å². The summed E-state index contributed by atoms with van der Waals surface area (Å²) in [5, 5.41) is 0. The Bertz CT molecular complexity index is 982. The van der Waals surface area contributed by atoms with Crippen molar-refractivity contribution in [2.45, 2.75) is 354 Å². The Kier molecular flexibility index (Phi) is 54.7. The van der Waals surface area contributed by atoms with E-state index in [4.69, 9.17) is 14.2 Å². The lowest BCUT2D eigenvalue weighted by Crippen LogP contribution is -2.30. The van der Waals surface area contributed by atoms with Gasteiger partial charge in [-0.1, -0.05) is 310 Å². The Morgan fingerprint density at radius 1 is 0.242 bits per heavy atom. The van der Waals surface area contributed by atoms with Crippen molar-refractivity contribution < 1.29 is 28.6 Å². The molecule has 0 aliphatic carbocycles. The van der Waals surface area contributed by atoms with Crippen LogP contribution in [0.5, 0.6) is 0 Å². The van der Waals surface area contributed by atoms with Gasteiger partial charge in [-0.05, 0) is 19.3 Å². The van der Waals surface area contributed by atoms with Gasteiger partial charge in [-0.2, -0.15) is 0 Å². The molecule has 6 heteroatoms. The maximum Gasteiger partial charge on any atom is 0.306 e. The van der Waals surface area contributed by atoms with Gasteiger partial charge >= 0.3 is 17.9 Å². The largest absolute Gasteiger partial charge is 0.462 e. The summed E-state index contributed by atoms with van der Waals surface area (Å²) < 4.78 is 16.9. The summed E-state index contributed by atoms with van der Waals surface area (Å²) >= 11 is 0. The number of carbonyl (C=O) groups excluding carboxylic acids is 3. The molecule has 1 atom stereocenters. The van der Waals surface area contributed by atoms with Crippen LogP contribution in [0.3, 0.4) is 0 Å². The van der Waals surface area contributed by atoms with Crippen molar-refractivity contribution >= 4 is 17.9 Å². The van der Waals surface area contributed by atoms with E-state index in [1.165, 1.54) is 250 Å². The number of rotatable bonds is 56. The first-order chi connectivity index (χ1) is 32.5. The lowest BCUT2D eigenvalue weighted by Gasteiger charge is -2.18. The molecule has 0 aliphatic heterocycles. The minimum atomic E-state index is -0.761. The molecule has 0 spiro atoms. The number of ether oxygens (including phenoxy) is 3. The number of esters is 3. The number of hydrogen-bond donors (Lipinski definition) is 0. The summed E-state index contributed by atoms with van der Waals surface area (Å²) in [5.41, 5.74) is 0. The van der Waals surface area contributed by atoms with Crippen LogP contribution in [0.25, 0.3) is 0 Å². The van der Waals surface area contributed by atoms with Gasteiger partial charge in [0.05, 0.1) is 0 Å². The first-order valence-electron chi connectivity index (χ1n) is 30.0.